The monoisotopic (exact) mass is 627 g/mol. The first kappa shape index (κ1) is 38.5. The number of aliphatic hydroxyl groups is 6. The zero-order valence-corrected chi connectivity index (χ0v) is 26.5. The van der Waals surface area contributed by atoms with Crippen molar-refractivity contribution in [3.63, 3.8) is 0 Å². The predicted octanol–water partition coefficient (Wildman–Crippen LogP) is 2.49. The normalized spacial score (nSPS) is 24.9. The largest absolute Gasteiger partial charge is 0.394 e. The number of carbonyl (C=O) groups excluding carboxylic acids is 1. The summed E-state index contributed by atoms with van der Waals surface area (Å²) in [6.07, 6.45) is 3.31. The van der Waals surface area contributed by atoms with Crippen LogP contribution < -0.4 is 5.32 Å². The molecule has 1 aliphatic heterocycles. The molecular weight excluding hydrogens is 570 g/mol. The molecule has 1 heterocycles. The molecule has 1 saturated heterocycles. The minimum absolute atomic E-state index is 0.317. The Balaban J connectivity index is 1.91. The molecule has 0 spiro atoms. The molecule has 1 aliphatic rings. The number of ether oxygens (including phenoxy) is 3. The maximum absolute atomic E-state index is 13.2. The Morgan fingerprint density at radius 3 is 1.98 bits per heavy atom. The lowest BCUT2D eigenvalue weighted by Gasteiger charge is -2.40. The summed E-state index contributed by atoms with van der Waals surface area (Å²) in [5, 5.41) is 64.6. The molecule has 0 saturated carbocycles. The zero-order chi connectivity index (χ0) is 32.3. The summed E-state index contributed by atoms with van der Waals surface area (Å²) < 4.78 is 16.4. The second-order valence-electron chi connectivity index (χ2n) is 11.9. The van der Waals surface area contributed by atoms with E-state index in [1.54, 1.807) is 30.3 Å². The van der Waals surface area contributed by atoms with E-state index < -0.39 is 74.2 Å². The van der Waals surface area contributed by atoms with Gasteiger partial charge >= 0.3 is 0 Å². The Morgan fingerprint density at radius 1 is 0.864 bits per heavy atom. The summed E-state index contributed by atoms with van der Waals surface area (Å²) >= 11 is 0. The van der Waals surface area contributed by atoms with Gasteiger partial charge in [-0.1, -0.05) is 114 Å². The van der Waals surface area contributed by atoms with Crippen molar-refractivity contribution in [1.82, 2.24) is 5.32 Å². The number of amides is 1. The Hall–Kier alpha value is -1.67. The van der Waals surface area contributed by atoms with Crippen LogP contribution in [0.2, 0.25) is 0 Å². The molecule has 0 radical (unpaired) electrons. The summed E-state index contributed by atoms with van der Waals surface area (Å²) in [6.45, 7) is 1.19. The second kappa shape index (κ2) is 22.0. The van der Waals surface area contributed by atoms with E-state index in [1.165, 1.54) is 58.5 Å². The molecule has 0 bridgehead atoms. The Labute approximate surface area is 262 Å². The number of benzene rings is 1. The van der Waals surface area contributed by atoms with E-state index in [1.807, 2.05) is 0 Å². The molecule has 7 N–H and O–H groups in total. The van der Waals surface area contributed by atoms with Gasteiger partial charge in [0.1, 0.15) is 30.5 Å². The quantitative estimate of drug-likeness (QED) is 0.0892. The van der Waals surface area contributed by atoms with E-state index in [2.05, 4.69) is 12.2 Å². The van der Waals surface area contributed by atoms with Crippen molar-refractivity contribution in [2.75, 3.05) is 20.3 Å². The first-order valence-electron chi connectivity index (χ1n) is 16.4. The van der Waals surface area contributed by atoms with Gasteiger partial charge in [-0.3, -0.25) is 4.79 Å². The lowest BCUT2D eigenvalue weighted by atomic mass is 9.98. The third kappa shape index (κ3) is 13.0. The number of carbonyl (C=O) groups is 1. The molecule has 1 aromatic carbocycles. The average molecular weight is 628 g/mol. The molecule has 11 heteroatoms. The third-order valence-electron chi connectivity index (χ3n) is 8.35. The van der Waals surface area contributed by atoms with Gasteiger partial charge in [-0.25, -0.2) is 0 Å². The molecule has 0 aromatic heterocycles. The zero-order valence-electron chi connectivity index (χ0n) is 26.5. The summed E-state index contributed by atoms with van der Waals surface area (Å²) in [5.41, 5.74) is 0.590. The van der Waals surface area contributed by atoms with Gasteiger partial charge in [-0.05, 0) is 12.0 Å². The van der Waals surface area contributed by atoms with Crippen molar-refractivity contribution in [2.45, 2.75) is 145 Å². The number of rotatable bonds is 23. The summed E-state index contributed by atoms with van der Waals surface area (Å²) in [6, 6.07) is 7.66. The van der Waals surface area contributed by atoms with Crippen LogP contribution in [0.4, 0.5) is 0 Å². The maximum atomic E-state index is 13.2. The predicted molar refractivity (Wildman–Crippen MR) is 166 cm³/mol. The highest BCUT2D eigenvalue weighted by Crippen LogP contribution is 2.23. The highest BCUT2D eigenvalue weighted by atomic mass is 16.7. The fourth-order valence-corrected chi connectivity index (χ4v) is 5.54. The minimum Gasteiger partial charge on any atom is -0.394 e. The van der Waals surface area contributed by atoms with Crippen LogP contribution >= 0.6 is 0 Å². The highest BCUT2D eigenvalue weighted by Gasteiger charge is 2.44. The van der Waals surface area contributed by atoms with Crippen molar-refractivity contribution in [3.8, 4) is 0 Å². The molecule has 1 aromatic rings. The van der Waals surface area contributed by atoms with Crippen LogP contribution in [-0.2, 0) is 19.0 Å². The van der Waals surface area contributed by atoms with Gasteiger partial charge in [0.05, 0.1) is 25.4 Å². The van der Waals surface area contributed by atoms with Crippen molar-refractivity contribution >= 4 is 5.91 Å². The van der Waals surface area contributed by atoms with E-state index >= 15 is 0 Å². The fourth-order valence-electron chi connectivity index (χ4n) is 5.54. The first-order chi connectivity index (χ1) is 21.2. The average Bonchev–Trinajstić information content (AvgIpc) is 3.03. The number of unbranched alkanes of at least 4 members (excludes halogenated alkanes) is 11. The highest BCUT2D eigenvalue weighted by molar-refractivity contribution is 5.82. The van der Waals surface area contributed by atoms with Crippen molar-refractivity contribution in [2.24, 2.45) is 0 Å². The van der Waals surface area contributed by atoms with Crippen LogP contribution in [0.5, 0.6) is 0 Å². The van der Waals surface area contributed by atoms with Gasteiger partial charge in [0.25, 0.3) is 5.91 Å². The van der Waals surface area contributed by atoms with Gasteiger partial charge in [0.15, 0.2) is 12.4 Å². The van der Waals surface area contributed by atoms with Crippen molar-refractivity contribution in [3.05, 3.63) is 35.9 Å². The van der Waals surface area contributed by atoms with Gasteiger partial charge < -0.3 is 50.2 Å². The standard InChI is InChI=1S/C33H57NO10/c1-3-4-5-6-7-8-9-10-11-12-13-17-20-25(36)27(37)24(34-32(41)31(42-2)23-18-15-14-16-19-23)22-43-33-30(40)29(39)28(38)26(21-35)44-33/h14-16,18-19,24-31,33,35-40H,3-13,17,20-22H2,1-2H3,(H,34,41). The van der Waals surface area contributed by atoms with Crippen molar-refractivity contribution in [1.29, 1.82) is 0 Å². The van der Waals surface area contributed by atoms with Crippen LogP contribution in [0.15, 0.2) is 30.3 Å². The summed E-state index contributed by atoms with van der Waals surface area (Å²) in [4.78, 5) is 13.2. The van der Waals surface area contributed by atoms with Gasteiger partial charge in [0, 0.05) is 7.11 Å². The number of aliphatic hydroxyl groups excluding tert-OH is 6. The number of nitrogens with one attached hydrogen (secondary N) is 1. The van der Waals surface area contributed by atoms with Crippen LogP contribution in [0, 0.1) is 0 Å². The Bertz CT molecular complexity index is 875. The van der Waals surface area contributed by atoms with Crippen molar-refractivity contribution < 1.29 is 49.6 Å². The Morgan fingerprint density at radius 2 is 1.43 bits per heavy atom. The molecule has 1 amide bonds. The van der Waals surface area contributed by atoms with Gasteiger partial charge in [-0.2, -0.15) is 0 Å². The molecule has 9 unspecified atom stereocenters. The van der Waals surface area contributed by atoms with E-state index in [0.717, 1.165) is 19.3 Å². The minimum atomic E-state index is -1.65. The maximum Gasteiger partial charge on any atom is 0.254 e. The topological polar surface area (TPSA) is 178 Å². The number of hydrogen-bond acceptors (Lipinski definition) is 10. The smallest absolute Gasteiger partial charge is 0.254 e. The van der Waals surface area contributed by atoms with E-state index in [0.29, 0.717) is 18.4 Å². The molecule has 1 fully saturated rings. The van der Waals surface area contributed by atoms with E-state index in [4.69, 9.17) is 14.2 Å². The fraction of sp³-hybridized carbons (Fsp3) is 0.788. The number of hydrogen-bond donors (Lipinski definition) is 7. The molecular formula is C33H57NO10. The second-order valence-corrected chi connectivity index (χ2v) is 11.9. The molecule has 11 nitrogen and oxygen atoms in total. The lowest BCUT2D eigenvalue weighted by Crippen LogP contribution is -2.60. The van der Waals surface area contributed by atoms with Crippen LogP contribution in [0.1, 0.15) is 102 Å². The lowest BCUT2D eigenvalue weighted by molar-refractivity contribution is -0.303. The van der Waals surface area contributed by atoms with Crippen LogP contribution in [0.25, 0.3) is 0 Å². The van der Waals surface area contributed by atoms with Crippen LogP contribution in [-0.4, -0.2) is 106 Å². The summed E-state index contributed by atoms with van der Waals surface area (Å²) in [7, 11) is 1.38. The summed E-state index contributed by atoms with van der Waals surface area (Å²) in [5.74, 6) is -0.572. The molecule has 2 rings (SSSR count). The van der Waals surface area contributed by atoms with Gasteiger partial charge in [0.2, 0.25) is 0 Å². The first-order valence-corrected chi connectivity index (χ1v) is 16.4. The molecule has 9 atom stereocenters. The van der Waals surface area contributed by atoms with Crippen LogP contribution in [0.3, 0.4) is 0 Å². The van der Waals surface area contributed by atoms with Gasteiger partial charge in [-0.15, -0.1) is 0 Å². The van der Waals surface area contributed by atoms with E-state index in [9.17, 15) is 35.4 Å². The molecule has 254 valence electrons. The SMILES string of the molecule is CCCCCCCCCCCCCCC(O)C(O)C(COC1OC(CO)C(O)C(O)C1O)NC(=O)C(OC)c1ccccc1. The third-order valence-corrected chi connectivity index (χ3v) is 8.35. The Kier molecular flexibility index (Phi) is 19.2. The molecule has 44 heavy (non-hydrogen) atoms. The van der Waals surface area contributed by atoms with E-state index in [-0.39, 0.29) is 0 Å². The number of methoxy groups -OCH3 is 1. The molecule has 0 aliphatic carbocycles.